The zero-order valence-corrected chi connectivity index (χ0v) is 14.3. The van der Waals surface area contributed by atoms with Gasteiger partial charge in [-0.05, 0) is 43.4 Å². The first kappa shape index (κ1) is 18.5. The predicted molar refractivity (Wildman–Crippen MR) is 89.2 cm³/mol. The molecule has 2 rings (SSSR count). The van der Waals surface area contributed by atoms with Gasteiger partial charge in [0, 0.05) is 18.0 Å². The second-order valence-electron chi connectivity index (χ2n) is 6.08. The Kier molecular flexibility index (Phi) is 5.68. The minimum atomic E-state index is -4.12. The lowest BCUT2D eigenvalue weighted by atomic mass is 9.68. The highest BCUT2D eigenvalue weighted by molar-refractivity contribution is 7.88. The monoisotopic (exact) mass is 357 g/mol. The number of ether oxygens (including phenoxy) is 1. The zero-order chi connectivity index (χ0) is 17.8. The summed E-state index contributed by atoms with van der Waals surface area (Å²) in [5, 5.41) is 8.61. The standard InChI is InChI=1S/C15H23N3O5S/c1-23-13-4-2-3-11(9-13)15(7-5-12(16)6-8-15)10-17-24(21,22)18-14(19)20/h2-4,9,12,17-18H,5-8,10,16H2,1H3,(H,19,20). The average Bonchev–Trinajstić information content (AvgIpc) is 2.54. The summed E-state index contributed by atoms with van der Waals surface area (Å²) < 4.78 is 32.7. The van der Waals surface area contributed by atoms with Gasteiger partial charge in [0.1, 0.15) is 5.75 Å². The van der Waals surface area contributed by atoms with E-state index in [1.165, 1.54) is 4.72 Å². The van der Waals surface area contributed by atoms with Gasteiger partial charge in [0.05, 0.1) is 7.11 Å². The molecule has 134 valence electrons. The van der Waals surface area contributed by atoms with Crippen LogP contribution in [0.5, 0.6) is 5.75 Å². The summed E-state index contributed by atoms with van der Waals surface area (Å²) >= 11 is 0. The predicted octanol–water partition coefficient (Wildman–Crippen LogP) is 0.936. The van der Waals surface area contributed by atoms with E-state index in [1.807, 2.05) is 24.3 Å². The third kappa shape index (κ3) is 4.59. The van der Waals surface area contributed by atoms with Gasteiger partial charge < -0.3 is 15.6 Å². The molecule has 1 aromatic carbocycles. The van der Waals surface area contributed by atoms with Crippen molar-refractivity contribution in [1.82, 2.24) is 9.44 Å². The van der Waals surface area contributed by atoms with E-state index in [9.17, 15) is 13.2 Å². The third-order valence-electron chi connectivity index (χ3n) is 4.49. The van der Waals surface area contributed by atoms with Crippen molar-refractivity contribution in [2.75, 3.05) is 13.7 Å². The summed E-state index contributed by atoms with van der Waals surface area (Å²) in [5.41, 5.74) is 6.49. The largest absolute Gasteiger partial charge is 0.497 e. The van der Waals surface area contributed by atoms with Crippen LogP contribution in [0.25, 0.3) is 0 Å². The Labute approximate surface area is 141 Å². The Morgan fingerprint density at radius 3 is 2.67 bits per heavy atom. The summed E-state index contributed by atoms with van der Waals surface area (Å²) in [7, 11) is -2.55. The van der Waals surface area contributed by atoms with Crippen LogP contribution in [0.15, 0.2) is 24.3 Å². The number of amides is 1. The number of carbonyl (C=O) groups is 1. The van der Waals surface area contributed by atoms with Crippen molar-refractivity contribution in [2.24, 2.45) is 5.73 Å². The fourth-order valence-corrected chi connectivity index (χ4v) is 3.87. The van der Waals surface area contributed by atoms with Crippen LogP contribution >= 0.6 is 0 Å². The van der Waals surface area contributed by atoms with E-state index in [2.05, 4.69) is 4.72 Å². The van der Waals surface area contributed by atoms with Crippen LogP contribution in [0, 0.1) is 0 Å². The second-order valence-corrected chi connectivity index (χ2v) is 7.58. The summed E-state index contributed by atoms with van der Waals surface area (Å²) in [5.74, 6) is 0.688. The second kappa shape index (κ2) is 7.37. The lowest BCUT2D eigenvalue weighted by Gasteiger charge is -2.40. The van der Waals surface area contributed by atoms with Crippen LogP contribution in [0.3, 0.4) is 0 Å². The smallest absolute Gasteiger partial charge is 0.419 e. The van der Waals surface area contributed by atoms with Crippen LogP contribution in [-0.4, -0.2) is 39.3 Å². The van der Waals surface area contributed by atoms with Crippen LogP contribution in [0.1, 0.15) is 31.2 Å². The maximum absolute atomic E-state index is 11.8. The number of nitrogens with two attached hydrogens (primary N) is 1. The topological polar surface area (TPSA) is 131 Å². The number of rotatable bonds is 6. The number of nitrogens with one attached hydrogen (secondary N) is 2. The van der Waals surface area contributed by atoms with Crippen LogP contribution in [0.2, 0.25) is 0 Å². The number of hydrogen-bond donors (Lipinski definition) is 4. The van der Waals surface area contributed by atoms with Gasteiger partial charge in [-0.1, -0.05) is 12.1 Å². The van der Waals surface area contributed by atoms with Gasteiger partial charge in [-0.25, -0.2) is 9.52 Å². The molecular formula is C15H23N3O5S. The third-order valence-corrected chi connectivity index (χ3v) is 5.46. The molecule has 0 heterocycles. The van der Waals surface area contributed by atoms with Crippen LogP contribution in [0.4, 0.5) is 4.79 Å². The molecule has 9 heteroatoms. The molecule has 0 radical (unpaired) electrons. The van der Waals surface area contributed by atoms with E-state index in [0.717, 1.165) is 18.4 Å². The molecule has 1 saturated carbocycles. The summed E-state index contributed by atoms with van der Waals surface area (Å²) in [4.78, 5) is 10.6. The fraction of sp³-hybridized carbons (Fsp3) is 0.533. The molecule has 0 spiro atoms. The molecule has 0 atom stereocenters. The number of methoxy groups -OCH3 is 1. The van der Waals surface area contributed by atoms with E-state index in [-0.39, 0.29) is 12.6 Å². The van der Waals surface area contributed by atoms with Crippen molar-refractivity contribution < 1.29 is 23.1 Å². The molecule has 0 aliphatic heterocycles. The van der Waals surface area contributed by atoms with E-state index in [4.69, 9.17) is 15.6 Å². The molecule has 0 aromatic heterocycles. The lowest BCUT2D eigenvalue weighted by molar-refractivity contribution is 0.200. The molecule has 1 fully saturated rings. The van der Waals surface area contributed by atoms with Gasteiger partial charge in [0.15, 0.2) is 0 Å². The molecule has 24 heavy (non-hydrogen) atoms. The molecule has 5 N–H and O–H groups in total. The lowest BCUT2D eigenvalue weighted by Crippen LogP contribution is -2.48. The molecule has 0 unspecified atom stereocenters. The van der Waals surface area contributed by atoms with E-state index in [0.29, 0.717) is 18.6 Å². The van der Waals surface area contributed by atoms with Gasteiger partial charge >= 0.3 is 16.3 Å². The summed E-state index contributed by atoms with van der Waals surface area (Å²) in [6.45, 7) is 0.0928. The SMILES string of the molecule is COc1cccc(C2(CNS(=O)(=O)NC(=O)O)CCC(N)CC2)c1. The minimum Gasteiger partial charge on any atom is -0.497 e. The Morgan fingerprint density at radius 2 is 2.08 bits per heavy atom. The quantitative estimate of drug-likeness (QED) is 0.599. The molecule has 1 aliphatic carbocycles. The van der Waals surface area contributed by atoms with Gasteiger partial charge in [0.2, 0.25) is 0 Å². The maximum Gasteiger partial charge on any atom is 0.419 e. The average molecular weight is 357 g/mol. The highest BCUT2D eigenvalue weighted by atomic mass is 32.2. The normalized spacial score (nSPS) is 24.3. The van der Waals surface area contributed by atoms with Gasteiger partial charge in [-0.3, -0.25) is 0 Å². The highest BCUT2D eigenvalue weighted by Gasteiger charge is 2.37. The minimum absolute atomic E-state index is 0.0928. The first-order valence-electron chi connectivity index (χ1n) is 7.67. The first-order chi connectivity index (χ1) is 11.3. The Bertz CT molecular complexity index is 684. The van der Waals surface area contributed by atoms with Crippen LogP contribution in [-0.2, 0) is 15.6 Å². The maximum atomic E-state index is 11.8. The van der Waals surface area contributed by atoms with Crippen molar-refractivity contribution >= 4 is 16.3 Å². The van der Waals surface area contributed by atoms with Crippen molar-refractivity contribution in [1.29, 1.82) is 0 Å². The van der Waals surface area contributed by atoms with Crippen molar-refractivity contribution in [2.45, 2.75) is 37.1 Å². The molecule has 8 nitrogen and oxygen atoms in total. The molecule has 1 aromatic rings. The molecule has 1 aliphatic rings. The van der Waals surface area contributed by atoms with Crippen molar-refractivity contribution in [3.8, 4) is 5.75 Å². The fourth-order valence-electron chi connectivity index (χ4n) is 3.10. The highest BCUT2D eigenvalue weighted by Crippen LogP contribution is 2.39. The van der Waals surface area contributed by atoms with Crippen LogP contribution < -0.4 is 19.9 Å². The Morgan fingerprint density at radius 1 is 1.42 bits per heavy atom. The van der Waals surface area contributed by atoms with Gasteiger partial charge in [-0.2, -0.15) is 13.1 Å². The van der Waals surface area contributed by atoms with Gasteiger partial charge in [0.25, 0.3) is 0 Å². The summed E-state index contributed by atoms with van der Waals surface area (Å²) in [6, 6.07) is 7.59. The van der Waals surface area contributed by atoms with E-state index >= 15 is 0 Å². The molecule has 1 amide bonds. The number of carboxylic acid groups (broad SMARTS) is 1. The zero-order valence-electron chi connectivity index (χ0n) is 13.5. The Hall–Kier alpha value is -1.84. The van der Waals surface area contributed by atoms with Gasteiger partial charge in [-0.15, -0.1) is 0 Å². The molecular weight excluding hydrogens is 334 g/mol. The van der Waals surface area contributed by atoms with E-state index in [1.54, 1.807) is 7.11 Å². The first-order valence-corrected chi connectivity index (χ1v) is 9.15. The number of hydrogen-bond acceptors (Lipinski definition) is 5. The summed E-state index contributed by atoms with van der Waals surface area (Å²) in [6.07, 6.45) is 1.33. The van der Waals surface area contributed by atoms with Crippen molar-refractivity contribution in [3.05, 3.63) is 29.8 Å². The van der Waals surface area contributed by atoms with Crippen molar-refractivity contribution in [3.63, 3.8) is 0 Å². The number of benzene rings is 1. The molecule has 0 saturated heterocycles. The Balaban J connectivity index is 2.25. The molecule has 0 bridgehead atoms. The van der Waals surface area contributed by atoms with E-state index < -0.39 is 21.7 Å².